The molecule has 5 heteroatoms. The highest BCUT2D eigenvalue weighted by Crippen LogP contribution is 2.22. The lowest BCUT2D eigenvalue weighted by Crippen LogP contribution is -2.14. The average molecular weight is 235 g/mol. The molecular formula is C12H13NO4. The van der Waals surface area contributed by atoms with E-state index in [4.69, 9.17) is 20.0 Å². The fourth-order valence-electron chi connectivity index (χ4n) is 1.43. The molecule has 1 unspecified atom stereocenters. The number of fused-ring (bicyclic) bond motifs is 1. The summed E-state index contributed by atoms with van der Waals surface area (Å²) in [7, 11) is 0. The first-order valence-electron chi connectivity index (χ1n) is 5.20. The van der Waals surface area contributed by atoms with Crippen molar-refractivity contribution in [3.05, 3.63) is 30.0 Å². The zero-order valence-electron chi connectivity index (χ0n) is 9.34. The smallest absolute Gasteiger partial charge is 0.374 e. The summed E-state index contributed by atoms with van der Waals surface area (Å²) >= 11 is 0. The van der Waals surface area contributed by atoms with E-state index in [1.165, 1.54) is 6.92 Å². The van der Waals surface area contributed by atoms with Gasteiger partial charge in [-0.2, -0.15) is 0 Å². The van der Waals surface area contributed by atoms with E-state index in [0.29, 0.717) is 11.3 Å². The predicted octanol–water partition coefficient (Wildman–Crippen LogP) is 1.55. The van der Waals surface area contributed by atoms with Gasteiger partial charge in [0.05, 0.1) is 6.10 Å². The highest BCUT2D eigenvalue weighted by atomic mass is 16.6. The Morgan fingerprint density at radius 1 is 1.53 bits per heavy atom. The number of nitrogen functional groups attached to an aromatic ring is 1. The lowest BCUT2D eigenvalue weighted by atomic mass is 10.2. The van der Waals surface area contributed by atoms with E-state index < -0.39 is 12.1 Å². The van der Waals surface area contributed by atoms with Crippen LogP contribution in [0.5, 0.6) is 0 Å². The lowest BCUT2D eigenvalue weighted by molar-refractivity contribution is 0.0267. The number of nitrogens with two attached hydrogens (primary N) is 1. The van der Waals surface area contributed by atoms with Gasteiger partial charge in [0.25, 0.3) is 0 Å². The van der Waals surface area contributed by atoms with Crippen LogP contribution < -0.4 is 5.73 Å². The van der Waals surface area contributed by atoms with Crippen LogP contribution in [0.15, 0.2) is 28.7 Å². The minimum atomic E-state index is -0.695. The molecule has 1 aromatic carbocycles. The second-order valence-corrected chi connectivity index (χ2v) is 3.86. The number of ether oxygens (including phenoxy) is 1. The summed E-state index contributed by atoms with van der Waals surface area (Å²) in [6.45, 7) is 1.48. The Balaban J connectivity index is 2.21. The lowest BCUT2D eigenvalue weighted by Gasteiger charge is -2.03. The number of carbonyl (C=O) groups excluding carboxylic acids is 1. The Hall–Kier alpha value is -2.01. The molecule has 0 aliphatic heterocycles. The number of furan rings is 1. The van der Waals surface area contributed by atoms with E-state index >= 15 is 0 Å². The number of esters is 1. The van der Waals surface area contributed by atoms with Crippen molar-refractivity contribution in [3.8, 4) is 0 Å². The third-order valence-electron chi connectivity index (χ3n) is 2.20. The summed E-state index contributed by atoms with van der Waals surface area (Å²) in [5, 5.41) is 9.74. The van der Waals surface area contributed by atoms with Crippen LogP contribution >= 0.6 is 0 Å². The molecule has 5 nitrogen and oxygen atoms in total. The first kappa shape index (κ1) is 11.5. The molecular weight excluding hydrogens is 222 g/mol. The zero-order valence-corrected chi connectivity index (χ0v) is 9.34. The Labute approximate surface area is 97.8 Å². The van der Waals surface area contributed by atoms with Crippen LogP contribution in [-0.2, 0) is 4.74 Å². The topological polar surface area (TPSA) is 85.7 Å². The maximum Gasteiger partial charge on any atom is 0.374 e. The van der Waals surface area contributed by atoms with Gasteiger partial charge in [0.2, 0.25) is 5.76 Å². The number of carbonyl (C=O) groups is 1. The molecule has 0 spiro atoms. The molecule has 0 aliphatic rings. The minimum absolute atomic E-state index is 0.0575. The van der Waals surface area contributed by atoms with Crippen molar-refractivity contribution in [2.75, 3.05) is 12.3 Å². The third-order valence-corrected chi connectivity index (χ3v) is 2.20. The Bertz CT molecular complexity index is 544. The first-order chi connectivity index (χ1) is 8.06. The molecule has 2 aromatic rings. The molecule has 0 saturated heterocycles. The highest BCUT2D eigenvalue weighted by molar-refractivity contribution is 5.93. The zero-order chi connectivity index (χ0) is 12.4. The molecule has 3 N–H and O–H groups in total. The Kier molecular flexibility index (Phi) is 3.01. The van der Waals surface area contributed by atoms with Gasteiger partial charge in [-0.15, -0.1) is 0 Å². The van der Waals surface area contributed by atoms with Crippen LogP contribution in [0.4, 0.5) is 5.69 Å². The van der Waals surface area contributed by atoms with E-state index in [-0.39, 0.29) is 12.4 Å². The summed E-state index contributed by atoms with van der Waals surface area (Å²) in [6.07, 6.45) is -0.695. The van der Waals surface area contributed by atoms with Crippen molar-refractivity contribution in [2.45, 2.75) is 13.0 Å². The monoisotopic (exact) mass is 235 g/mol. The van der Waals surface area contributed by atoms with Crippen molar-refractivity contribution in [2.24, 2.45) is 0 Å². The number of rotatable bonds is 3. The summed E-state index contributed by atoms with van der Waals surface area (Å²) in [4.78, 5) is 11.5. The normalized spacial score (nSPS) is 12.6. The van der Waals surface area contributed by atoms with Gasteiger partial charge in [-0.25, -0.2) is 4.79 Å². The van der Waals surface area contributed by atoms with Crippen molar-refractivity contribution in [1.29, 1.82) is 0 Å². The minimum Gasteiger partial charge on any atom is -0.457 e. The van der Waals surface area contributed by atoms with Crippen molar-refractivity contribution < 1.29 is 19.1 Å². The maximum absolute atomic E-state index is 11.5. The molecule has 2 rings (SSSR count). The van der Waals surface area contributed by atoms with Gasteiger partial charge in [0.1, 0.15) is 12.2 Å². The fraction of sp³-hybridized carbons (Fsp3) is 0.250. The number of hydrogen-bond donors (Lipinski definition) is 2. The van der Waals surface area contributed by atoms with E-state index in [0.717, 1.165) is 5.39 Å². The molecule has 0 amide bonds. The number of aliphatic hydroxyl groups is 1. The van der Waals surface area contributed by atoms with E-state index in [1.54, 1.807) is 24.3 Å². The molecule has 0 bridgehead atoms. The van der Waals surface area contributed by atoms with Gasteiger partial charge in [0, 0.05) is 11.1 Å². The SMILES string of the molecule is CC(O)COC(=O)c1cc2cc(N)ccc2o1. The van der Waals surface area contributed by atoms with Gasteiger partial charge < -0.3 is 20.0 Å². The van der Waals surface area contributed by atoms with Gasteiger partial charge in [0.15, 0.2) is 0 Å². The summed E-state index contributed by atoms with van der Waals surface area (Å²) < 4.78 is 10.1. The van der Waals surface area contributed by atoms with Crippen LogP contribution in [0.3, 0.4) is 0 Å². The van der Waals surface area contributed by atoms with Crippen LogP contribution in [0, 0.1) is 0 Å². The molecule has 0 fully saturated rings. The molecule has 1 heterocycles. The molecule has 90 valence electrons. The van der Waals surface area contributed by atoms with E-state index in [1.807, 2.05) is 0 Å². The first-order valence-corrected chi connectivity index (χ1v) is 5.20. The third kappa shape index (κ3) is 2.57. The Morgan fingerprint density at radius 3 is 3.00 bits per heavy atom. The maximum atomic E-state index is 11.5. The van der Waals surface area contributed by atoms with E-state index in [9.17, 15) is 4.79 Å². The fourth-order valence-corrected chi connectivity index (χ4v) is 1.43. The van der Waals surface area contributed by atoms with Gasteiger partial charge >= 0.3 is 5.97 Å². The number of aliphatic hydroxyl groups excluding tert-OH is 1. The van der Waals surface area contributed by atoms with Crippen molar-refractivity contribution in [1.82, 2.24) is 0 Å². The summed E-state index contributed by atoms with van der Waals surface area (Å²) in [6, 6.07) is 6.66. The Morgan fingerprint density at radius 2 is 2.29 bits per heavy atom. The van der Waals surface area contributed by atoms with Gasteiger partial charge in [-0.05, 0) is 31.2 Å². The summed E-state index contributed by atoms with van der Waals surface area (Å²) in [5.74, 6) is -0.494. The van der Waals surface area contributed by atoms with E-state index in [2.05, 4.69) is 0 Å². The molecule has 1 atom stereocenters. The standard InChI is InChI=1S/C12H13NO4/c1-7(14)6-16-12(15)11-5-8-4-9(13)2-3-10(8)17-11/h2-5,7,14H,6,13H2,1H3. The molecule has 1 aromatic heterocycles. The van der Waals surface area contributed by atoms with Crippen LogP contribution in [-0.4, -0.2) is 23.8 Å². The van der Waals surface area contributed by atoms with Crippen LogP contribution in [0.1, 0.15) is 17.5 Å². The average Bonchev–Trinajstić information content (AvgIpc) is 2.68. The number of anilines is 1. The summed E-state index contributed by atoms with van der Waals surface area (Å²) in [5.41, 5.74) is 6.79. The molecule has 0 saturated carbocycles. The molecule has 0 radical (unpaired) electrons. The largest absolute Gasteiger partial charge is 0.457 e. The van der Waals surface area contributed by atoms with Crippen LogP contribution in [0.2, 0.25) is 0 Å². The van der Waals surface area contributed by atoms with Crippen molar-refractivity contribution in [3.63, 3.8) is 0 Å². The van der Waals surface area contributed by atoms with Gasteiger partial charge in [-0.1, -0.05) is 0 Å². The van der Waals surface area contributed by atoms with Crippen molar-refractivity contribution >= 4 is 22.6 Å². The number of benzene rings is 1. The molecule has 0 aliphatic carbocycles. The van der Waals surface area contributed by atoms with Gasteiger partial charge in [-0.3, -0.25) is 0 Å². The molecule has 17 heavy (non-hydrogen) atoms. The quantitative estimate of drug-likeness (QED) is 0.622. The highest BCUT2D eigenvalue weighted by Gasteiger charge is 2.14. The second-order valence-electron chi connectivity index (χ2n) is 3.86. The van der Waals surface area contributed by atoms with Crippen LogP contribution in [0.25, 0.3) is 11.0 Å². The predicted molar refractivity (Wildman–Crippen MR) is 62.6 cm³/mol. The second kappa shape index (κ2) is 4.47. The number of hydrogen-bond acceptors (Lipinski definition) is 5.